The average molecular weight is 320 g/mol. The number of pyridine rings is 1. The first-order chi connectivity index (χ1) is 11.7. The lowest BCUT2D eigenvalue weighted by Gasteiger charge is -2.09. The number of anilines is 1. The van der Waals surface area contributed by atoms with E-state index < -0.39 is 0 Å². The number of rotatable bonds is 4. The first-order valence-corrected chi connectivity index (χ1v) is 8.28. The number of methoxy groups -OCH3 is 1. The Morgan fingerprint density at radius 1 is 1.08 bits per heavy atom. The predicted molar refractivity (Wildman–Crippen MR) is 96.9 cm³/mol. The number of ether oxygens (including phenoxy) is 1. The van der Waals surface area contributed by atoms with Crippen molar-refractivity contribution in [3.05, 3.63) is 69.5 Å². The number of aryl methyl sites for hydroxylation is 2. The van der Waals surface area contributed by atoms with Gasteiger partial charge >= 0.3 is 0 Å². The summed E-state index contributed by atoms with van der Waals surface area (Å²) in [4.78, 5) is 15.4. The molecule has 1 aliphatic carbocycles. The third-order valence-electron chi connectivity index (χ3n) is 4.71. The molecule has 122 valence electrons. The van der Waals surface area contributed by atoms with Crippen molar-refractivity contribution in [3.63, 3.8) is 0 Å². The van der Waals surface area contributed by atoms with Crippen molar-refractivity contribution in [1.29, 1.82) is 0 Å². The standard InChI is InChI=1S/C20H20N2O2/c1-24-18-7-5-17(6-8-18)21-12-16-10-15-9-13-3-2-4-14(13)11-19(15)22-20(16)23/h5-11,21H,2-4,12H2,1H3,(H,22,23). The van der Waals surface area contributed by atoms with Gasteiger partial charge in [-0.05, 0) is 78.2 Å². The molecule has 0 bridgehead atoms. The lowest BCUT2D eigenvalue weighted by atomic mass is 10.0. The molecule has 0 spiro atoms. The van der Waals surface area contributed by atoms with E-state index in [1.807, 2.05) is 30.3 Å². The average Bonchev–Trinajstić information content (AvgIpc) is 3.05. The topological polar surface area (TPSA) is 54.1 Å². The molecule has 24 heavy (non-hydrogen) atoms. The lowest BCUT2D eigenvalue weighted by Crippen LogP contribution is -2.15. The van der Waals surface area contributed by atoms with Crippen LogP contribution >= 0.6 is 0 Å². The minimum Gasteiger partial charge on any atom is -0.497 e. The van der Waals surface area contributed by atoms with Gasteiger partial charge < -0.3 is 15.0 Å². The van der Waals surface area contributed by atoms with Crippen molar-refractivity contribution in [3.8, 4) is 5.75 Å². The Kier molecular flexibility index (Phi) is 3.73. The molecule has 0 amide bonds. The second-order valence-electron chi connectivity index (χ2n) is 6.27. The van der Waals surface area contributed by atoms with E-state index in [-0.39, 0.29) is 5.56 Å². The molecule has 3 aromatic rings. The Hall–Kier alpha value is -2.75. The number of fused-ring (bicyclic) bond motifs is 2. The molecule has 1 heterocycles. The summed E-state index contributed by atoms with van der Waals surface area (Å²) >= 11 is 0. The van der Waals surface area contributed by atoms with Crippen molar-refractivity contribution in [2.24, 2.45) is 0 Å². The van der Waals surface area contributed by atoms with Crippen LogP contribution in [0, 0.1) is 0 Å². The normalized spacial score (nSPS) is 13.0. The minimum absolute atomic E-state index is 0.0264. The third-order valence-corrected chi connectivity index (χ3v) is 4.71. The second kappa shape index (κ2) is 6.04. The van der Waals surface area contributed by atoms with Gasteiger partial charge in [-0.1, -0.05) is 0 Å². The summed E-state index contributed by atoms with van der Waals surface area (Å²) in [6.07, 6.45) is 3.47. The van der Waals surface area contributed by atoms with E-state index in [9.17, 15) is 4.79 Å². The van der Waals surface area contributed by atoms with Crippen molar-refractivity contribution < 1.29 is 4.74 Å². The fourth-order valence-corrected chi connectivity index (χ4v) is 3.36. The lowest BCUT2D eigenvalue weighted by molar-refractivity contribution is 0.415. The molecule has 2 aromatic carbocycles. The zero-order valence-corrected chi connectivity index (χ0v) is 13.7. The SMILES string of the molecule is COc1ccc(NCc2cc3cc4c(cc3[nH]c2=O)CCC4)cc1. The van der Waals surface area contributed by atoms with Crippen LogP contribution < -0.4 is 15.6 Å². The Balaban J connectivity index is 1.60. The van der Waals surface area contributed by atoms with Gasteiger partial charge in [0, 0.05) is 23.3 Å². The van der Waals surface area contributed by atoms with Gasteiger partial charge in [-0.15, -0.1) is 0 Å². The van der Waals surface area contributed by atoms with Crippen LogP contribution in [0.25, 0.3) is 10.9 Å². The van der Waals surface area contributed by atoms with E-state index in [4.69, 9.17) is 4.74 Å². The van der Waals surface area contributed by atoms with Crippen LogP contribution in [-0.2, 0) is 19.4 Å². The molecule has 1 aromatic heterocycles. The number of aromatic nitrogens is 1. The predicted octanol–water partition coefficient (Wildman–Crippen LogP) is 3.64. The summed E-state index contributed by atoms with van der Waals surface area (Å²) in [5.41, 5.74) is 5.42. The summed E-state index contributed by atoms with van der Waals surface area (Å²) in [6.45, 7) is 0.495. The number of hydrogen-bond acceptors (Lipinski definition) is 3. The van der Waals surface area contributed by atoms with Gasteiger partial charge in [0.05, 0.1) is 7.11 Å². The molecule has 0 fully saturated rings. The summed E-state index contributed by atoms with van der Waals surface area (Å²) in [7, 11) is 1.65. The molecule has 1 aliphatic rings. The molecule has 4 rings (SSSR count). The zero-order valence-electron chi connectivity index (χ0n) is 13.7. The largest absolute Gasteiger partial charge is 0.497 e. The highest BCUT2D eigenvalue weighted by molar-refractivity contribution is 5.81. The van der Waals surface area contributed by atoms with E-state index in [0.29, 0.717) is 6.54 Å². The van der Waals surface area contributed by atoms with Gasteiger partial charge in [-0.25, -0.2) is 0 Å². The van der Waals surface area contributed by atoms with E-state index in [0.717, 1.165) is 40.7 Å². The smallest absolute Gasteiger partial charge is 0.253 e. The van der Waals surface area contributed by atoms with Crippen LogP contribution in [0.3, 0.4) is 0 Å². The van der Waals surface area contributed by atoms with Gasteiger partial charge in [0.25, 0.3) is 5.56 Å². The van der Waals surface area contributed by atoms with E-state index in [2.05, 4.69) is 22.4 Å². The van der Waals surface area contributed by atoms with Gasteiger partial charge in [0.1, 0.15) is 5.75 Å². The highest BCUT2D eigenvalue weighted by atomic mass is 16.5. The van der Waals surface area contributed by atoms with E-state index in [1.54, 1.807) is 7.11 Å². The van der Waals surface area contributed by atoms with Crippen molar-refractivity contribution in [2.75, 3.05) is 12.4 Å². The Morgan fingerprint density at radius 2 is 1.83 bits per heavy atom. The number of aromatic amines is 1. The van der Waals surface area contributed by atoms with Gasteiger partial charge in [-0.3, -0.25) is 4.79 Å². The molecule has 4 nitrogen and oxygen atoms in total. The quantitative estimate of drug-likeness (QED) is 0.772. The highest BCUT2D eigenvalue weighted by Gasteiger charge is 2.13. The van der Waals surface area contributed by atoms with Crippen LogP contribution in [0.5, 0.6) is 5.75 Å². The maximum absolute atomic E-state index is 12.3. The molecule has 0 atom stereocenters. The van der Waals surface area contributed by atoms with Gasteiger partial charge in [0.15, 0.2) is 0 Å². The number of nitrogens with one attached hydrogen (secondary N) is 2. The molecule has 0 saturated carbocycles. The second-order valence-corrected chi connectivity index (χ2v) is 6.27. The van der Waals surface area contributed by atoms with Crippen LogP contribution in [0.2, 0.25) is 0 Å². The molecule has 0 unspecified atom stereocenters. The van der Waals surface area contributed by atoms with Crippen LogP contribution in [0.4, 0.5) is 5.69 Å². The maximum atomic E-state index is 12.3. The molecule has 0 saturated heterocycles. The van der Waals surface area contributed by atoms with Crippen LogP contribution in [-0.4, -0.2) is 12.1 Å². The maximum Gasteiger partial charge on any atom is 0.253 e. The molecular formula is C20H20N2O2. The van der Waals surface area contributed by atoms with Crippen molar-refractivity contribution >= 4 is 16.6 Å². The Bertz CT molecular complexity index is 942. The minimum atomic E-state index is -0.0264. The molecule has 2 N–H and O–H groups in total. The van der Waals surface area contributed by atoms with E-state index in [1.165, 1.54) is 17.5 Å². The van der Waals surface area contributed by atoms with Gasteiger partial charge in [0.2, 0.25) is 0 Å². The fraction of sp³-hybridized carbons (Fsp3) is 0.250. The number of H-pyrrole nitrogens is 1. The summed E-state index contributed by atoms with van der Waals surface area (Å²) < 4.78 is 5.15. The van der Waals surface area contributed by atoms with Crippen molar-refractivity contribution in [1.82, 2.24) is 4.98 Å². The zero-order chi connectivity index (χ0) is 16.5. The van der Waals surface area contributed by atoms with E-state index >= 15 is 0 Å². The first-order valence-electron chi connectivity index (χ1n) is 8.28. The molecule has 0 aliphatic heterocycles. The van der Waals surface area contributed by atoms with Crippen molar-refractivity contribution in [2.45, 2.75) is 25.8 Å². The third kappa shape index (κ3) is 2.75. The molecule has 0 radical (unpaired) electrons. The summed E-state index contributed by atoms with van der Waals surface area (Å²) in [5.74, 6) is 0.818. The molecular weight excluding hydrogens is 300 g/mol. The fourth-order valence-electron chi connectivity index (χ4n) is 3.36. The Labute approximate surface area is 140 Å². The van der Waals surface area contributed by atoms with Gasteiger partial charge in [-0.2, -0.15) is 0 Å². The first kappa shape index (κ1) is 14.8. The highest BCUT2D eigenvalue weighted by Crippen LogP contribution is 2.26. The summed E-state index contributed by atoms with van der Waals surface area (Å²) in [6, 6.07) is 14.1. The number of benzene rings is 2. The molecule has 4 heteroatoms. The monoisotopic (exact) mass is 320 g/mol. The van der Waals surface area contributed by atoms with Crippen LogP contribution in [0.1, 0.15) is 23.1 Å². The number of hydrogen-bond donors (Lipinski definition) is 2. The van der Waals surface area contributed by atoms with Crippen LogP contribution in [0.15, 0.2) is 47.3 Å². The Morgan fingerprint density at radius 3 is 2.58 bits per heavy atom. The summed E-state index contributed by atoms with van der Waals surface area (Å²) in [5, 5.41) is 4.41.